The van der Waals surface area contributed by atoms with Gasteiger partial charge in [-0.25, -0.2) is 4.79 Å². The number of carboxylic acids is 1. The van der Waals surface area contributed by atoms with Gasteiger partial charge in [-0.05, 0) is 0 Å². The van der Waals surface area contributed by atoms with Crippen molar-refractivity contribution in [1.82, 2.24) is 10.2 Å². The number of nitrogens with one attached hydrogen (secondary N) is 1. The van der Waals surface area contributed by atoms with Crippen LogP contribution in [0.4, 0.5) is 0 Å². The molecule has 8 nitrogen and oxygen atoms in total. The predicted molar refractivity (Wildman–Crippen MR) is 80.1 cm³/mol. The Morgan fingerprint density at radius 2 is 2.18 bits per heavy atom. The van der Waals surface area contributed by atoms with Crippen molar-refractivity contribution in [2.75, 3.05) is 17.7 Å². The van der Waals surface area contributed by atoms with E-state index >= 15 is 0 Å². The van der Waals surface area contributed by atoms with E-state index in [0.29, 0.717) is 11.3 Å². The van der Waals surface area contributed by atoms with Crippen molar-refractivity contribution >= 4 is 51.4 Å². The molecule has 120 valence electrons. The van der Waals surface area contributed by atoms with Gasteiger partial charge in [-0.1, -0.05) is 15.9 Å². The number of alkyl halides is 1. The monoisotopic (exact) mass is 392 g/mol. The first kappa shape index (κ1) is 16.8. The van der Waals surface area contributed by atoms with Gasteiger partial charge in [0.05, 0.1) is 5.33 Å². The van der Waals surface area contributed by atoms with Crippen LogP contribution in [0.2, 0.25) is 0 Å². The van der Waals surface area contributed by atoms with E-state index in [1.165, 1.54) is 18.7 Å². The van der Waals surface area contributed by atoms with Crippen molar-refractivity contribution < 1.29 is 29.0 Å². The minimum absolute atomic E-state index is 0.0630. The molecule has 0 radical (unpaired) electrons. The number of halogens is 1. The third kappa shape index (κ3) is 3.12. The number of carbonyl (C=O) groups is 4. The first-order chi connectivity index (χ1) is 10.4. The van der Waals surface area contributed by atoms with Crippen LogP contribution >= 0.6 is 27.7 Å². The SMILES string of the molecule is CC(=O)OCC1=C(C(=O)O)N2C(=O)C(NC(=O)CBr)C2SC1. The third-order valence-electron chi connectivity index (χ3n) is 3.14. The molecule has 10 heteroatoms. The van der Waals surface area contributed by atoms with Gasteiger partial charge in [-0.2, -0.15) is 0 Å². The number of ether oxygens (including phenoxy) is 1. The van der Waals surface area contributed by atoms with Crippen LogP contribution in [0.15, 0.2) is 11.3 Å². The van der Waals surface area contributed by atoms with Crippen molar-refractivity contribution in [2.24, 2.45) is 0 Å². The highest BCUT2D eigenvalue weighted by Crippen LogP contribution is 2.40. The highest BCUT2D eigenvalue weighted by Gasteiger charge is 2.54. The number of fused-ring (bicyclic) bond motifs is 1. The Balaban J connectivity index is 2.19. The topological polar surface area (TPSA) is 113 Å². The average Bonchev–Trinajstić information content (AvgIpc) is 2.48. The van der Waals surface area contributed by atoms with Crippen LogP contribution in [0.25, 0.3) is 0 Å². The summed E-state index contributed by atoms with van der Waals surface area (Å²) in [5, 5.41) is 11.5. The number of carbonyl (C=O) groups excluding carboxylic acids is 3. The van der Waals surface area contributed by atoms with E-state index in [0.717, 1.165) is 4.90 Å². The smallest absolute Gasteiger partial charge is 0.352 e. The zero-order valence-corrected chi connectivity index (χ0v) is 13.9. The fourth-order valence-electron chi connectivity index (χ4n) is 2.20. The standard InChI is InChI=1S/C12H13BrN2O6S/c1-5(16)21-3-6-4-22-11-8(14-7(17)2-13)10(18)15(11)9(6)12(19)20/h8,11H,2-4H2,1H3,(H,14,17)(H,19,20). The van der Waals surface area contributed by atoms with Crippen LogP contribution in [0.1, 0.15) is 6.92 Å². The number of hydrogen-bond donors (Lipinski definition) is 2. The molecule has 0 aromatic heterocycles. The summed E-state index contributed by atoms with van der Waals surface area (Å²) in [6, 6.07) is -0.736. The van der Waals surface area contributed by atoms with Gasteiger partial charge in [0, 0.05) is 18.2 Å². The molecule has 2 unspecified atom stereocenters. The van der Waals surface area contributed by atoms with E-state index in [-0.39, 0.29) is 23.5 Å². The number of hydrogen-bond acceptors (Lipinski definition) is 6. The first-order valence-corrected chi connectivity index (χ1v) is 8.42. The van der Waals surface area contributed by atoms with Gasteiger partial charge < -0.3 is 15.2 Å². The van der Waals surface area contributed by atoms with Crippen molar-refractivity contribution in [3.05, 3.63) is 11.3 Å². The molecule has 22 heavy (non-hydrogen) atoms. The van der Waals surface area contributed by atoms with E-state index in [9.17, 15) is 24.3 Å². The summed E-state index contributed by atoms with van der Waals surface area (Å²) in [5.41, 5.74) is 0.196. The molecule has 2 N–H and O–H groups in total. The van der Waals surface area contributed by atoms with Gasteiger partial charge >= 0.3 is 11.9 Å². The molecule has 2 aliphatic rings. The number of amides is 2. The summed E-state index contributed by atoms with van der Waals surface area (Å²) in [6.45, 7) is 1.05. The highest BCUT2D eigenvalue weighted by molar-refractivity contribution is 9.09. The number of aliphatic carboxylic acids is 1. The molecule has 2 aliphatic heterocycles. The van der Waals surface area contributed by atoms with E-state index in [2.05, 4.69) is 21.2 Å². The molecule has 0 bridgehead atoms. The van der Waals surface area contributed by atoms with Crippen LogP contribution < -0.4 is 5.32 Å². The Bertz CT molecular complexity index is 578. The number of esters is 1. The van der Waals surface area contributed by atoms with Gasteiger partial charge in [-0.3, -0.25) is 19.3 Å². The van der Waals surface area contributed by atoms with Crippen LogP contribution in [0, 0.1) is 0 Å². The first-order valence-electron chi connectivity index (χ1n) is 6.25. The summed E-state index contributed by atoms with van der Waals surface area (Å²) in [5.74, 6) is -2.30. The largest absolute Gasteiger partial charge is 0.477 e. The van der Waals surface area contributed by atoms with E-state index in [4.69, 9.17) is 4.74 Å². The summed E-state index contributed by atoms with van der Waals surface area (Å²) in [6.07, 6.45) is 0. The van der Waals surface area contributed by atoms with E-state index in [1.807, 2.05) is 0 Å². The van der Waals surface area contributed by atoms with Gasteiger partial charge in [0.25, 0.3) is 5.91 Å². The van der Waals surface area contributed by atoms with Crippen LogP contribution in [0.3, 0.4) is 0 Å². The second-order valence-electron chi connectivity index (χ2n) is 4.63. The lowest BCUT2D eigenvalue weighted by molar-refractivity contribution is -0.150. The molecular formula is C12H13BrN2O6S. The third-order valence-corrected chi connectivity index (χ3v) is 4.99. The molecule has 2 rings (SSSR count). The second kappa shape index (κ2) is 6.69. The number of thioether (sulfide) groups is 1. The lowest BCUT2D eigenvalue weighted by atomic mass is 10.0. The van der Waals surface area contributed by atoms with Crippen LogP contribution in [0.5, 0.6) is 0 Å². The Labute approximate surface area is 138 Å². The molecule has 0 aliphatic carbocycles. The lowest BCUT2D eigenvalue weighted by Gasteiger charge is -2.49. The normalized spacial score (nSPS) is 23.5. The Kier molecular flexibility index (Phi) is 5.12. The van der Waals surface area contributed by atoms with E-state index < -0.39 is 29.3 Å². The van der Waals surface area contributed by atoms with Crippen molar-refractivity contribution in [2.45, 2.75) is 18.3 Å². The number of nitrogens with zero attached hydrogens (tertiary/aromatic N) is 1. The van der Waals surface area contributed by atoms with Crippen LogP contribution in [-0.4, -0.2) is 62.9 Å². The highest BCUT2D eigenvalue weighted by atomic mass is 79.9. The van der Waals surface area contributed by atoms with Crippen LogP contribution in [-0.2, 0) is 23.9 Å². The van der Waals surface area contributed by atoms with Crippen molar-refractivity contribution in [3.63, 3.8) is 0 Å². The molecule has 1 fully saturated rings. The van der Waals surface area contributed by atoms with Gasteiger partial charge in [0.2, 0.25) is 5.91 Å². The van der Waals surface area contributed by atoms with Crippen molar-refractivity contribution in [3.8, 4) is 0 Å². The van der Waals surface area contributed by atoms with Gasteiger partial charge in [-0.15, -0.1) is 11.8 Å². The molecule has 0 spiro atoms. The number of β-lactam (4-membered cyclic amide) rings is 1. The molecule has 2 amide bonds. The Morgan fingerprint density at radius 1 is 1.50 bits per heavy atom. The molecule has 2 atom stereocenters. The molecule has 0 aromatic carbocycles. The predicted octanol–water partition coefficient (Wildman–Crippen LogP) is -0.317. The molecule has 0 aromatic rings. The summed E-state index contributed by atoms with van der Waals surface area (Å²) in [4.78, 5) is 46.9. The molecule has 1 saturated heterocycles. The van der Waals surface area contributed by atoms with E-state index in [1.54, 1.807) is 0 Å². The maximum absolute atomic E-state index is 12.1. The maximum atomic E-state index is 12.1. The Morgan fingerprint density at radius 3 is 2.73 bits per heavy atom. The quantitative estimate of drug-likeness (QED) is 0.374. The fraction of sp³-hybridized carbons (Fsp3) is 0.500. The second-order valence-corrected chi connectivity index (χ2v) is 6.29. The van der Waals surface area contributed by atoms with Crippen molar-refractivity contribution in [1.29, 1.82) is 0 Å². The zero-order valence-electron chi connectivity index (χ0n) is 11.5. The summed E-state index contributed by atoms with van der Waals surface area (Å²) in [7, 11) is 0. The lowest BCUT2D eigenvalue weighted by Crippen LogP contribution is -2.70. The number of carboxylic acid groups (broad SMARTS) is 1. The zero-order chi connectivity index (χ0) is 16.4. The minimum atomic E-state index is -1.26. The summed E-state index contributed by atoms with van der Waals surface area (Å²) >= 11 is 4.31. The average molecular weight is 393 g/mol. The number of rotatable bonds is 5. The minimum Gasteiger partial charge on any atom is -0.477 e. The maximum Gasteiger partial charge on any atom is 0.352 e. The Hall–Kier alpha value is -1.55. The van der Waals surface area contributed by atoms with Gasteiger partial charge in [0.1, 0.15) is 23.7 Å². The molecule has 2 heterocycles. The van der Waals surface area contributed by atoms with Gasteiger partial charge in [0.15, 0.2) is 0 Å². The molecular weight excluding hydrogens is 380 g/mol. The fourth-order valence-corrected chi connectivity index (χ4v) is 3.68. The summed E-state index contributed by atoms with van der Waals surface area (Å²) < 4.78 is 4.83. The molecule has 0 saturated carbocycles.